The molecule has 0 fully saturated rings. The molecule has 0 bridgehead atoms. The van der Waals surface area contributed by atoms with E-state index in [1.165, 1.54) is 24.4 Å². The Morgan fingerprint density at radius 1 is 1.33 bits per heavy atom. The molecule has 2 rings (SSSR count). The summed E-state index contributed by atoms with van der Waals surface area (Å²) in [7, 11) is 1.63. The van der Waals surface area contributed by atoms with E-state index < -0.39 is 5.82 Å². The van der Waals surface area contributed by atoms with Crippen LogP contribution in [0.25, 0.3) is 0 Å². The molecule has 5 nitrogen and oxygen atoms in total. The van der Waals surface area contributed by atoms with Gasteiger partial charge in [0.25, 0.3) is 5.91 Å². The van der Waals surface area contributed by atoms with Gasteiger partial charge in [0.2, 0.25) is 0 Å². The van der Waals surface area contributed by atoms with E-state index in [4.69, 9.17) is 4.74 Å². The predicted molar refractivity (Wildman–Crippen MR) is 79.0 cm³/mol. The van der Waals surface area contributed by atoms with Gasteiger partial charge in [-0.05, 0) is 30.3 Å². The summed E-state index contributed by atoms with van der Waals surface area (Å²) in [5, 5.41) is 5.73. The average Bonchev–Trinajstić information content (AvgIpc) is 2.49. The lowest BCUT2D eigenvalue weighted by Gasteiger charge is -2.07. The Morgan fingerprint density at radius 2 is 2.19 bits per heavy atom. The zero-order valence-electron chi connectivity index (χ0n) is 11.6. The predicted octanol–water partition coefficient (Wildman–Crippen LogP) is 2.53. The van der Waals surface area contributed by atoms with E-state index in [0.717, 1.165) is 0 Å². The maximum absolute atomic E-state index is 13.1. The van der Waals surface area contributed by atoms with Crippen LogP contribution in [0.15, 0.2) is 42.6 Å². The van der Waals surface area contributed by atoms with Gasteiger partial charge in [0.05, 0.1) is 18.5 Å². The zero-order valence-corrected chi connectivity index (χ0v) is 11.6. The van der Waals surface area contributed by atoms with Gasteiger partial charge in [0.1, 0.15) is 11.6 Å². The quantitative estimate of drug-likeness (QED) is 0.802. The summed E-state index contributed by atoms with van der Waals surface area (Å²) in [4.78, 5) is 16.1. The number of halogens is 1. The average molecular weight is 289 g/mol. The number of carbonyl (C=O) groups excluding carboxylic acids is 1. The van der Waals surface area contributed by atoms with Gasteiger partial charge >= 0.3 is 0 Å². The minimum Gasteiger partial charge on any atom is -0.383 e. The first kappa shape index (κ1) is 14.9. The molecule has 2 N–H and O–H groups in total. The van der Waals surface area contributed by atoms with Crippen LogP contribution in [0.4, 0.5) is 15.9 Å². The van der Waals surface area contributed by atoms with Crippen molar-refractivity contribution in [1.82, 2.24) is 4.98 Å². The van der Waals surface area contributed by atoms with E-state index in [0.29, 0.717) is 24.7 Å². The molecular formula is C15H16FN3O2. The number of hydrogen-bond acceptors (Lipinski definition) is 4. The number of amides is 1. The van der Waals surface area contributed by atoms with Crippen molar-refractivity contribution in [3.05, 3.63) is 54.0 Å². The highest BCUT2D eigenvalue weighted by Crippen LogP contribution is 2.12. The fourth-order valence-corrected chi connectivity index (χ4v) is 1.69. The van der Waals surface area contributed by atoms with Crippen LogP contribution in [-0.2, 0) is 4.74 Å². The largest absolute Gasteiger partial charge is 0.383 e. The van der Waals surface area contributed by atoms with Gasteiger partial charge in [-0.15, -0.1) is 0 Å². The standard InChI is InChI=1S/C15H16FN3O2/c1-21-8-7-17-14-6-5-13(10-18-14)19-15(20)11-3-2-4-12(16)9-11/h2-6,9-10H,7-8H2,1H3,(H,17,18)(H,19,20). The summed E-state index contributed by atoms with van der Waals surface area (Å²) < 4.78 is 18.0. The normalized spacial score (nSPS) is 10.2. The molecule has 1 aromatic heterocycles. The number of hydrogen-bond donors (Lipinski definition) is 2. The highest BCUT2D eigenvalue weighted by Gasteiger charge is 2.07. The molecule has 0 aliphatic carbocycles. The van der Waals surface area contributed by atoms with Gasteiger partial charge in [-0.3, -0.25) is 4.79 Å². The van der Waals surface area contributed by atoms with Gasteiger partial charge < -0.3 is 15.4 Å². The zero-order chi connectivity index (χ0) is 15.1. The second kappa shape index (κ2) is 7.35. The maximum Gasteiger partial charge on any atom is 0.255 e. The number of aromatic nitrogens is 1. The van der Waals surface area contributed by atoms with E-state index in [1.807, 2.05) is 0 Å². The molecule has 0 aliphatic heterocycles. The number of carbonyl (C=O) groups is 1. The first-order chi connectivity index (χ1) is 10.2. The van der Waals surface area contributed by atoms with Crippen molar-refractivity contribution >= 4 is 17.4 Å². The number of anilines is 2. The fraction of sp³-hybridized carbons (Fsp3) is 0.200. The van der Waals surface area contributed by atoms with Crippen LogP contribution in [0.3, 0.4) is 0 Å². The smallest absolute Gasteiger partial charge is 0.255 e. The molecule has 6 heteroatoms. The Labute approximate surface area is 122 Å². The van der Waals surface area contributed by atoms with Crippen LogP contribution in [0.1, 0.15) is 10.4 Å². The SMILES string of the molecule is COCCNc1ccc(NC(=O)c2cccc(F)c2)cn1. The minimum absolute atomic E-state index is 0.261. The summed E-state index contributed by atoms with van der Waals surface area (Å²) >= 11 is 0. The molecule has 0 radical (unpaired) electrons. The lowest BCUT2D eigenvalue weighted by molar-refractivity contribution is 0.102. The topological polar surface area (TPSA) is 63.2 Å². The van der Waals surface area contributed by atoms with Crippen molar-refractivity contribution < 1.29 is 13.9 Å². The third-order valence-corrected chi connectivity index (χ3v) is 2.72. The number of nitrogens with one attached hydrogen (secondary N) is 2. The molecular weight excluding hydrogens is 273 g/mol. The molecule has 1 heterocycles. The molecule has 0 spiro atoms. The van der Waals surface area contributed by atoms with Gasteiger partial charge in [-0.1, -0.05) is 6.07 Å². The first-order valence-corrected chi connectivity index (χ1v) is 6.45. The molecule has 2 aromatic rings. The molecule has 0 saturated heterocycles. The third kappa shape index (κ3) is 4.54. The van der Waals surface area contributed by atoms with Gasteiger partial charge in [-0.25, -0.2) is 9.37 Å². The van der Waals surface area contributed by atoms with Crippen molar-refractivity contribution in [3.8, 4) is 0 Å². The molecule has 0 unspecified atom stereocenters. The number of ether oxygens (including phenoxy) is 1. The summed E-state index contributed by atoms with van der Waals surface area (Å²) in [5.41, 5.74) is 0.804. The Bertz CT molecular complexity index is 602. The first-order valence-electron chi connectivity index (χ1n) is 6.45. The van der Waals surface area contributed by atoms with Crippen LogP contribution in [0, 0.1) is 5.82 Å². The number of benzene rings is 1. The summed E-state index contributed by atoms with van der Waals surface area (Å²) in [6.07, 6.45) is 1.53. The molecule has 0 atom stereocenters. The summed E-state index contributed by atoms with van der Waals surface area (Å²) in [5.74, 6) is -0.134. The van der Waals surface area contributed by atoms with E-state index in [1.54, 1.807) is 25.3 Å². The van der Waals surface area contributed by atoms with E-state index in [9.17, 15) is 9.18 Å². The number of methoxy groups -OCH3 is 1. The Kier molecular flexibility index (Phi) is 5.22. The van der Waals surface area contributed by atoms with Crippen LogP contribution in [0.5, 0.6) is 0 Å². The molecule has 0 aliphatic rings. The number of pyridine rings is 1. The van der Waals surface area contributed by atoms with Crippen LogP contribution >= 0.6 is 0 Å². The van der Waals surface area contributed by atoms with Crippen LogP contribution in [-0.4, -0.2) is 31.2 Å². The van der Waals surface area contributed by atoms with E-state index in [-0.39, 0.29) is 11.5 Å². The maximum atomic E-state index is 13.1. The molecule has 21 heavy (non-hydrogen) atoms. The van der Waals surface area contributed by atoms with E-state index in [2.05, 4.69) is 15.6 Å². The third-order valence-electron chi connectivity index (χ3n) is 2.72. The second-order valence-corrected chi connectivity index (χ2v) is 4.32. The number of rotatable bonds is 6. The Morgan fingerprint density at radius 3 is 2.86 bits per heavy atom. The van der Waals surface area contributed by atoms with E-state index >= 15 is 0 Å². The molecule has 0 saturated carbocycles. The Balaban J connectivity index is 1.95. The molecule has 1 aromatic carbocycles. The van der Waals surface area contributed by atoms with Crippen molar-refractivity contribution in [2.24, 2.45) is 0 Å². The Hall–Kier alpha value is -2.47. The monoisotopic (exact) mass is 289 g/mol. The van der Waals surface area contributed by atoms with Crippen molar-refractivity contribution in [2.75, 3.05) is 30.9 Å². The van der Waals surface area contributed by atoms with Crippen molar-refractivity contribution in [2.45, 2.75) is 0 Å². The van der Waals surface area contributed by atoms with Crippen LogP contribution in [0.2, 0.25) is 0 Å². The molecule has 1 amide bonds. The van der Waals surface area contributed by atoms with Crippen LogP contribution < -0.4 is 10.6 Å². The van der Waals surface area contributed by atoms with Gasteiger partial charge in [0, 0.05) is 19.2 Å². The lowest BCUT2D eigenvalue weighted by Crippen LogP contribution is -2.13. The second-order valence-electron chi connectivity index (χ2n) is 4.32. The summed E-state index contributed by atoms with van der Waals surface area (Å²) in [6.45, 7) is 1.23. The molecule has 110 valence electrons. The van der Waals surface area contributed by atoms with Crippen molar-refractivity contribution in [1.29, 1.82) is 0 Å². The van der Waals surface area contributed by atoms with Gasteiger partial charge in [-0.2, -0.15) is 0 Å². The lowest BCUT2D eigenvalue weighted by atomic mass is 10.2. The van der Waals surface area contributed by atoms with Crippen molar-refractivity contribution in [3.63, 3.8) is 0 Å². The minimum atomic E-state index is -0.446. The fourth-order valence-electron chi connectivity index (χ4n) is 1.69. The summed E-state index contributed by atoms with van der Waals surface area (Å²) in [6, 6.07) is 8.98. The number of nitrogens with zero attached hydrogens (tertiary/aromatic N) is 1. The highest BCUT2D eigenvalue weighted by molar-refractivity contribution is 6.04. The van der Waals surface area contributed by atoms with Gasteiger partial charge in [0.15, 0.2) is 0 Å². The highest BCUT2D eigenvalue weighted by atomic mass is 19.1.